The van der Waals surface area contributed by atoms with Gasteiger partial charge in [0, 0.05) is 25.2 Å². The molecule has 0 radical (unpaired) electrons. The second-order valence-electron chi connectivity index (χ2n) is 5.70. The van der Waals surface area contributed by atoms with Gasteiger partial charge < -0.3 is 14.9 Å². The third kappa shape index (κ3) is 4.10. The minimum Gasteiger partial charge on any atom is -0.391 e. The van der Waals surface area contributed by atoms with Crippen LogP contribution in [0.2, 0.25) is 0 Å². The number of imide groups is 1. The smallest absolute Gasteiger partial charge is 0.325 e. The molecule has 2 aliphatic heterocycles. The zero-order chi connectivity index (χ0) is 17.0. The van der Waals surface area contributed by atoms with E-state index in [1.54, 1.807) is 7.05 Å². The van der Waals surface area contributed by atoms with Crippen LogP contribution < -0.4 is 5.32 Å². The van der Waals surface area contributed by atoms with E-state index < -0.39 is 24.3 Å². The molecule has 0 aromatic rings. The highest BCUT2D eigenvalue weighted by molar-refractivity contribution is 8.13. The number of urea groups is 1. The Kier molecular flexibility index (Phi) is 6.55. The van der Waals surface area contributed by atoms with Crippen LogP contribution in [0.4, 0.5) is 4.79 Å². The van der Waals surface area contributed by atoms with Crippen LogP contribution in [0, 0.1) is 0 Å². The first-order valence-electron chi connectivity index (χ1n) is 7.78. The number of amides is 3. The number of aliphatic imine (C=N–C) groups is 1. The monoisotopic (exact) mass is 362 g/mol. The molecule has 0 aromatic heterocycles. The average molecular weight is 363 g/mol. The molecule has 2 heterocycles. The Balaban J connectivity index is 2.14. The zero-order valence-corrected chi connectivity index (χ0v) is 14.9. The van der Waals surface area contributed by atoms with Crippen molar-refractivity contribution in [1.29, 1.82) is 0 Å². The summed E-state index contributed by atoms with van der Waals surface area (Å²) in [5.41, 5.74) is 0. The molecule has 23 heavy (non-hydrogen) atoms. The number of aliphatic hydroxyl groups excluding tert-OH is 1. The third-order valence-electron chi connectivity index (χ3n) is 3.91. The lowest BCUT2D eigenvalue weighted by Gasteiger charge is -2.36. The van der Waals surface area contributed by atoms with Crippen molar-refractivity contribution in [2.24, 2.45) is 4.99 Å². The molecule has 3 amide bonds. The van der Waals surface area contributed by atoms with E-state index in [2.05, 4.69) is 17.2 Å². The summed E-state index contributed by atoms with van der Waals surface area (Å²) in [5, 5.41) is 12.7. The maximum Gasteiger partial charge on any atom is 0.325 e. The zero-order valence-electron chi connectivity index (χ0n) is 13.4. The second kappa shape index (κ2) is 8.21. The topological polar surface area (TPSA) is 85.2 Å². The third-order valence-corrected chi connectivity index (χ3v) is 5.41. The second-order valence-corrected chi connectivity index (χ2v) is 6.99. The Hall–Kier alpha value is -0.990. The Morgan fingerprint density at radius 1 is 1.43 bits per heavy atom. The fourth-order valence-corrected chi connectivity index (χ4v) is 3.85. The number of carbonyl (C=O) groups excluding carboxylic acids is 2. The standard InChI is InChI=1S/C14H23ClN4O3S/c1-3-4-5-6-19-10-11(18(2)13(22)17-12(10)21)16-14(19)23-8-9(20)7-15/h9-11,20H,3-8H2,1-2H3,(H,17,21,22). The van der Waals surface area contributed by atoms with Crippen LogP contribution in [0.3, 0.4) is 0 Å². The average Bonchev–Trinajstić information content (AvgIpc) is 2.90. The van der Waals surface area contributed by atoms with Gasteiger partial charge in [-0.3, -0.25) is 10.1 Å². The van der Waals surface area contributed by atoms with Crippen molar-refractivity contribution in [3.8, 4) is 0 Å². The number of carbonyl (C=O) groups is 2. The van der Waals surface area contributed by atoms with Gasteiger partial charge in [0.1, 0.15) is 0 Å². The lowest BCUT2D eigenvalue weighted by Crippen LogP contribution is -2.63. The summed E-state index contributed by atoms with van der Waals surface area (Å²) in [6.45, 7) is 2.82. The van der Waals surface area contributed by atoms with Gasteiger partial charge in [-0.15, -0.1) is 11.6 Å². The number of unbranched alkanes of at least 4 members (excludes halogenated alkanes) is 2. The van der Waals surface area contributed by atoms with Crippen molar-refractivity contribution in [3.63, 3.8) is 0 Å². The molecular formula is C14H23ClN4O3S. The Morgan fingerprint density at radius 2 is 2.17 bits per heavy atom. The number of alkyl halides is 1. The van der Waals surface area contributed by atoms with Gasteiger partial charge in [0.25, 0.3) is 5.91 Å². The van der Waals surface area contributed by atoms with Crippen LogP contribution in [0.1, 0.15) is 26.2 Å². The number of thioether (sulfide) groups is 1. The van der Waals surface area contributed by atoms with E-state index in [4.69, 9.17) is 11.6 Å². The summed E-state index contributed by atoms with van der Waals surface area (Å²) >= 11 is 7.01. The molecule has 130 valence electrons. The summed E-state index contributed by atoms with van der Waals surface area (Å²) in [4.78, 5) is 32.0. The highest BCUT2D eigenvalue weighted by atomic mass is 35.5. The number of halogens is 1. The SMILES string of the molecule is CCCCCN1C(SCC(O)CCl)=NC2C1C(=O)NC(=O)N2C. The molecule has 3 atom stereocenters. The Labute approximate surface area is 145 Å². The summed E-state index contributed by atoms with van der Waals surface area (Å²) in [6, 6.07) is -0.925. The predicted molar refractivity (Wildman–Crippen MR) is 91.7 cm³/mol. The van der Waals surface area contributed by atoms with Gasteiger partial charge in [0.2, 0.25) is 0 Å². The van der Waals surface area contributed by atoms with Crippen LogP contribution in [-0.4, -0.2) is 75.5 Å². The number of rotatable bonds is 7. The summed E-state index contributed by atoms with van der Waals surface area (Å²) in [5.74, 6) is 0.250. The van der Waals surface area contributed by atoms with Crippen molar-refractivity contribution in [2.45, 2.75) is 44.5 Å². The number of hydrogen-bond donors (Lipinski definition) is 2. The predicted octanol–water partition coefficient (Wildman–Crippen LogP) is 1.06. The van der Waals surface area contributed by atoms with Crippen LogP contribution >= 0.6 is 23.4 Å². The fourth-order valence-electron chi connectivity index (χ4n) is 2.60. The first-order chi connectivity index (χ1) is 11.0. The van der Waals surface area contributed by atoms with E-state index in [1.807, 2.05) is 4.90 Å². The van der Waals surface area contributed by atoms with Crippen LogP contribution in [0.25, 0.3) is 0 Å². The molecule has 0 bridgehead atoms. The number of likely N-dealkylation sites (N-methyl/N-ethyl adjacent to an activating group) is 1. The molecule has 2 aliphatic rings. The van der Waals surface area contributed by atoms with Crippen LogP contribution in [0.15, 0.2) is 4.99 Å². The number of aliphatic hydroxyl groups is 1. The van der Waals surface area contributed by atoms with E-state index >= 15 is 0 Å². The first kappa shape index (κ1) is 18.4. The molecule has 0 aliphatic carbocycles. The number of fused-ring (bicyclic) bond motifs is 1. The Bertz CT molecular complexity index is 491. The van der Waals surface area contributed by atoms with Crippen molar-refractivity contribution in [3.05, 3.63) is 0 Å². The molecule has 0 aromatic carbocycles. The van der Waals surface area contributed by atoms with Crippen molar-refractivity contribution in [1.82, 2.24) is 15.1 Å². The van der Waals surface area contributed by atoms with E-state index in [0.717, 1.165) is 19.3 Å². The molecule has 0 spiro atoms. The maximum atomic E-state index is 12.3. The highest BCUT2D eigenvalue weighted by Gasteiger charge is 2.48. The fraction of sp³-hybridized carbons (Fsp3) is 0.786. The number of nitrogens with one attached hydrogen (secondary N) is 1. The molecule has 1 saturated heterocycles. The van der Waals surface area contributed by atoms with Crippen molar-refractivity contribution in [2.75, 3.05) is 25.2 Å². The molecule has 7 nitrogen and oxygen atoms in total. The van der Waals surface area contributed by atoms with E-state index in [1.165, 1.54) is 16.7 Å². The lowest BCUT2D eigenvalue weighted by molar-refractivity contribution is -0.127. The largest absolute Gasteiger partial charge is 0.391 e. The molecule has 2 N–H and O–H groups in total. The quantitative estimate of drug-likeness (QED) is 0.522. The minimum absolute atomic E-state index is 0.155. The van der Waals surface area contributed by atoms with Gasteiger partial charge in [-0.25, -0.2) is 9.79 Å². The van der Waals surface area contributed by atoms with E-state index in [-0.39, 0.29) is 11.8 Å². The molecule has 9 heteroatoms. The number of nitrogens with zero attached hydrogens (tertiary/aromatic N) is 3. The van der Waals surface area contributed by atoms with Crippen molar-refractivity contribution >= 4 is 40.5 Å². The Morgan fingerprint density at radius 3 is 2.83 bits per heavy atom. The van der Waals surface area contributed by atoms with Crippen LogP contribution in [0.5, 0.6) is 0 Å². The van der Waals surface area contributed by atoms with E-state index in [0.29, 0.717) is 17.5 Å². The number of hydrogen-bond acceptors (Lipinski definition) is 6. The van der Waals surface area contributed by atoms with Gasteiger partial charge in [-0.05, 0) is 6.42 Å². The molecule has 3 unspecified atom stereocenters. The normalized spacial score (nSPS) is 25.3. The molecular weight excluding hydrogens is 340 g/mol. The highest BCUT2D eigenvalue weighted by Crippen LogP contribution is 2.29. The molecule has 2 rings (SSSR count). The summed E-state index contributed by atoms with van der Waals surface area (Å²) in [6.07, 6.45) is 1.96. The summed E-state index contributed by atoms with van der Waals surface area (Å²) < 4.78 is 0. The molecule has 1 fully saturated rings. The molecule has 0 saturated carbocycles. The number of amidine groups is 1. The van der Waals surface area contributed by atoms with Gasteiger partial charge in [0.05, 0.1) is 6.10 Å². The van der Waals surface area contributed by atoms with Gasteiger partial charge >= 0.3 is 6.03 Å². The maximum absolute atomic E-state index is 12.3. The van der Waals surface area contributed by atoms with Crippen molar-refractivity contribution < 1.29 is 14.7 Å². The lowest BCUT2D eigenvalue weighted by atomic mass is 10.1. The minimum atomic E-state index is -0.627. The van der Waals surface area contributed by atoms with Gasteiger partial charge in [-0.2, -0.15) is 0 Å². The van der Waals surface area contributed by atoms with Crippen LogP contribution in [-0.2, 0) is 4.79 Å². The van der Waals surface area contributed by atoms with Gasteiger partial charge in [-0.1, -0.05) is 31.5 Å². The summed E-state index contributed by atoms with van der Waals surface area (Å²) in [7, 11) is 1.63. The van der Waals surface area contributed by atoms with Gasteiger partial charge in [0.15, 0.2) is 17.4 Å². The van der Waals surface area contributed by atoms with E-state index in [9.17, 15) is 14.7 Å². The first-order valence-corrected chi connectivity index (χ1v) is 9.30.